The first-order valence-corrected chi connectivity index (χ1v) is 7.34. The van der Waals surface area contributed by atoms with Crippen molar-refractivity contribution >= 4 is 5.91 Å². The second-order valence-corrected chi connectivity index (χ2v) is 5.76. The van der Waals surface area contributed by atoms with Crippen LogP contribution in [0, 0.1) is 5.92 Å². The fraction of sp³-hybridized carbons (Fsp3) is 0.800. The Balaban J connectivity index is 2.24. The lowest BCUT2D eigenvalue weighted by Gasteiger charge is -2.32. The van der Waals surface area contributed by atoms with E-state index < -0.39 is 0 Å². The van der Waals surface area contributed by atoms with Gasteiger partial charge in [0.25, 0.3) is 0 Å². The summed E-state index contributed by atoms with van der Waals surface area (Å²) in [6.45, 7) is 10.2. The summed E-state index contributed by atoms with van der Waals surface area (Å²) < 4.78 is 0. The summed E-state index contributed by atoms with van der Waals surface area (Å²) >= 11 is 0. The zero-order chi connectivity index (χ0) is 14.3. The summed E-state index contributed by atoms with van der Waals surface area (Å²) in [5.74, 6) is 0.325. The number of aliphatic hydroxyl groups is 1. The van der Waals surface area contributed by atoms with Crippen LogP contribution in [0.15, 0.2) is 12.7 Å². The molecule has 0 aromatic carbocycles. The van der Waals surface area contributed by atoms with Crippen molar-refractivity contribution in [2.24, 2.45) is 5.92 Å². The summed E-state index contributed by atoms with van der Waals surface area (Å²) in [6, 6.07) is 0.214. The molecular formula is C15H28N2O2. The summed E-state index contributed by atoms with van der Waals surface area (Å²) in [5, 5.41) is 12.8. The number of likely N-dealkylation sites (tertiary alicyclic amines) is 1. The molecule has 0 aromatic rings. The minimum absolute atomic E-state index is 0.143. The van der Waals surface area contributed by atoms with Gasteiger partial charge < -0.3 is 15.3 Å². The molecule has 1 aliphatic heterocycles. The third-order valence-corrected chi connectivity index (χ3v) is 3.56. The number of piperidine rings is 1. The maximum Gasteiger partial charge on any atom is 0.223 e. The Kier molecular flexibility index (Phi) is 7.10. The van der Waals surface area contributed by atoms with Crippen LogP contribution in [0.4, 0.5) is 0 Å². The van der Waals surface area contributed by atoms with Crippen LogP contribution in [0.1, 0.15) is 39.5 Å². The van der Waals surface area contributed by atoms with E-state index in [4.69, 9.17) is 0 Å². The van der Waals surface area contributed by atoms with Crippen LogP contribution in [0.2, 0.25) is 0 Å². The number of carbonyl (C=O) groups is 1. The van der Waals surface area contributed by atoms with Crippen molar-refractivity contribution in [2.75, 3.05) is 19.6 Å². The second kappa shape index (κ2) is 8.33. The third-order valence-electron chi connectivity index (χ3n) is 3.56. The minimum Gasteiger partial charge on any atom is -0.392 e. The zero-order valence-corrected chi connectivity index (χ0v) is 12.3. The van der Waals surface area contributed by atoms with Crippen molar-refractivity contribution in [2.45, 2.75) is 51.7 Å². The van der Waals surface area contributed by atoms with E-state index in [0.29, 0.717) is 6.54 Å². The first-order valence-electron chi connectivity index (χ1n) is 7.34. The Bertz CT molecular complexity index is 284. The van der Waals surface area contributed by atoms with Crippen LogP contribution in [0.25, 0.3) is 0 Å². The highest BCUT2D eigenvalue weighted by molar-refractivity contribution is 5.78. The number of rotatable bonds is 7. The molecule has 110 valence electrons. The molecule has 0 bridgehead atoms. The number of nitrogens with zero attached hydrogens (tertiary/aromatic N) is 1. The number of allylic oxidation sites excluding steroid dienone is 1. The monoisotopic (exact) mass is 268 g/mol. The zero-order valence-electron chi connectivity index (χ0n) is 12.3. The van der Waals surface area contributed by atoms with Crippen LogP contribution < -0.4 is 5.32 Å². The van der Waals surface area contributed by atoms with Gasteiger partial charge in [-0.05, 0) is 52.6 Å². The standard InChI is InChI=1S/C15H28N2O2/c1-4-5-6-14(18)11-17-9-7-13(8-10-17)15(19)16-12(2)3/h4,12-14,18H,1,5-11H2,2-3H3,(H,16,19). The lowest BCUT2D eigenvalue weighted by atomic mass is 9.95. The van der Waals surface area contributed by atoms with E-state index >= 15 is 0 Å². The van der Waals surface area contributed by atoms with Crippen molar-refractivity contribution in [3.63, 3.8) is 0 Å². The molecule has 1 saturated heterocycles. The minimum atomic E-state index is -0.279. The van der Waals surface area contributed by atoms with E-state index in [2.05, 4.69) is 16.8 Å². The van der Waals surface area contributed by atoms with Gasteiger partial charge in [0.15, 0.2) is 0 Å². The van der Waals surface area contributed by atoms with Gasteiger partial charge >= 0.3 is 0 Å². The third kappa shape index (κ3) is 6.21. The maximum absolute atomic E-state index is 11.9. The maximum atomic E-state index is 11.9. The first-order chi connectivity index (χ1) is 9.02. The molecule has 1 unspecified atom stereocenters. The predicted molar refractivity (Wildman–Crippen MR) is 77.9 cm³/mol. The number of amides is 1. The highest BCUT2D eigenvalue weighted by Crippen LogP contribution is 2.18. The summed E-state index contributed by atoms with van der Waals surface area (Å²) in [4.78, 5) is 14.1. The topological polar surface area (TPSA) is 52.6 Å². The Hall–Kier alpha value is -0.870. The van der Waals surface area contributed by atoms with Crippen LogP contribution in [0.5, 0.6) is 0 Å². The lowest BCUT2D eigenvalue weighted by Crippen LogP contribution is -2.44. The van der Waals surface area contributed by atoms with Crippen molar-refractivity contribution in [1.29, 1.82) is 0 Å². The van der Waals surface area contributed by atoms with Gasteiger partial charge in [-0.2, -0.15) is 0 Å². The predicted octanol–water partition coefficient (Wildman–Crippen LogP) is 1.55. The molecule has 0 saturated carbocycles. The van der Waals surface area contributed by atoms with Gasteiger partial charge in [0.05, 0.1) is 6.10 Å². The molecule has 1 atom stereocenters. The summed E-state index contributed by atoms with van der Waals surface area (Å²) in [6.07, 6.45) is 4.98. The van der Waals surface area contributed by atoms with E-state index in [0.717, 1.165) is 38.8 Å². The lowest BCUT2D eigenvalue weighted by molar-refractivity contribution is -0.127. The van der Waals surface area contributed by atoms with Crippen LogP contribution in [-0.4, -0.2) is 47.7 Å². The summed E-state index contributed by atoms with van der Waals surface area (Å²) in [7, 11) is 0. The van der Waals surface area contributed by atoms with Gasteiger partial charge in [0, 0.05) is 18.5 Å². The summed E-state index contributed by atoms with van der Waals surface area (Å²) in [5.41, 5.74) is 0. The number of hydrogen-bond donors (Lipinski definition) is 2. The van der Waals surface area contributed by atoms with E-state index in [1.165, 1.54) is 0 Å². The number of hydrogen-bond acceptors (Lipinski definition) is 3. The molecule has 1 rings (SSSR count). The number of nitrogens with one attached hydrogen (secondary N) is 1. The van der Waals surface area contributed by atoms with Gasteiger partial charge in [-0.3, -0.25) is 4.79 Å². The highest BCUT2D eigenvalue weighted by Gasteiger charge is 2.25. The quantitative estimate of drug-likeness (QED) is 0.689. The Morgan fingerprint density at radius 2 is 2.11 bits per heavy atom. The molecule has 4 nitrogen and oxygen atoms in total. The number of carbonyl (C=O) groups excluding carboxylic acids is 1. The fourth-order valence-corrected chi connectivity index (χ4v) is 2.48. The molecule has 0 spiro atoms. The van der Waals surface area contributed by atoms with Gasteiger partial charge in [0.2, 0.25) is 5.91 Å². The molecule has 0 aromatic heterocycles. The van der Waals surface area contributed by atoms with Crippen LogP contribution in [-0.2, 0) is 4.79 Å². The fourth-order valence-electron chi connectivity index (χ4n) is 2.48. The van der Waals surface area contributed by atoms with E-state index in [-0.39, 0.29) is 24.0 Å². The van der Waals surface area contributed by atoms with Gasteiger partial charge in [-0.1, -0.05) is 6.08 Å². The molecule has 1 heterocycles. The molecule has 1 aliphatic rings. The van der Waals surface area contributed by atoms with E-state index in [1.807, 2.05) is 19.9 Å². The van der Waals surface area contributed by atoms with Crippen molar-refractivity contribution in [3.05, 3.63) is 12.7 Å². The molecule has 2 N–H and O–H groups in total. The molecule has 19 heavy (non-hydrogen) atoms. The van der Waals surface area contributed by atoms with Crippen LogP contribution >= 0.6 is 0 Å². The molecule has 1 amide bonds. The van der Waals surface area contributed by atoms with Crippen molar-refractivity contribution in [3.8, 4) is 0 Å². The Morgan fingerprint density at radius 1 is 1.47 bits per heavy atom. The first kappa shape index (κ1) is 16.2. The van der Waals surface area contributed by atoms with E-state index in [9.17, 15) is 9.90 Å². The van der Waals surface area contributed by atoms with Gasteiger partial charge in [0.1, 0.15) is 0 Å². The number of β-amino-alcohol motifs (C(OH)–C–C–N with tert-alkyl or cyclic N) is 1. The largest absolute Gasteiger partial charge is 0.392 e. The Labute approximate surface area is 116 Å². The van der Waals surface area contributed by atoms with Crippen molar-refractivity contribution < 1.29 is 9.90 Å². The van der Waals surface area contributed by atoms with E-state index in [1.54, 1.807) is 0 Å². The van der Waals surface area contributed by atoms with Crippen molar-refractivity contribution in [1.82, 2.24) is 10.2 Å². The van der Waals surface area contributed by atoms with Crippen LogP contribution in [0.3, 0.4) is 0 Å². The molecule has 0 radical (unpaired) electrons. The normalized spacial score (nSPS) is 19.4. The average molecular weight is 268 g/mol. The molecular weight excluding hydrogens is 240 g/mol. The Morgan fingerprint density at radius 3 is 2.63 bits per heavy atom. The average Bonchev–Trinajstić information content (AvgIpc) is 2.36. The smallest absolute Gasteiger partial charge is 0.223 e. The highest BCUT2D eigenvalue weighted by atomic mass is 16.3. The molecule has 4 heteroatoms. The SMILES string of the molecule is C=CCCC(O)CN1CCC(C(=O)NC(C)C)CC1. The second-order valence-electron chi connectivity index (χ2n) is 5.76. The van der Waals surface area contributed by atoms with Gasteiger partial charge in [-0.25, -0.2) is 0 Å². The molecule has 0 aliphatic carbocycles. The van der Waals surface area contributed by atoms with Gasteiger partial charge in [-0.15, -0.1) is 6.58 Å². The number of aliphatic hydroxyl groups excluding tert-OH is 1. The molecule has 1 fully saturated rings.